The SMILES string of the molecule is Cc1cc2nc(C(N)CO)[nH]c2cc1C. The molecule has 1 aromatic heterocycles. The number of nitrogens with two attached hydrogens (primary N) is 1. The van der Waals surface area contributed by atoms with Crippen molar-refractivity contribution in [2.45, 2.75) is 19.9 Å². The summed E-state index contributed by atoms with van der Waals surface area (Å²) in [4.78, 5) is 7.46. The monoisotopic (exact) mass is 205 g/mol. The predicted octanol–water partition coefficient (Wildman–Crippen LogP) is 1.17. The first-order valence-corrected chi connectivity index (χ1v) is 4.95. The van der Waals surface area contributed by atoms with Crippen LogP contribution in [0.15, 0.2) is 12.1 Å². The molecular formula is C11H15N3O. The van der Waals surface area contributed by atoms with Crippen LogP contribution in [0.1, 0.15) is 23.0 Å². The molecule has 4 N–H and O–H groups in total. The van der Waals surface area contributed by atoms with Crippen molar-refractivity contribution in [2.75, 3.05) is 6.61 Å². The number of aryl methyl sites for hydroxylation is 2. The van der Waals surface area contributed by atoms with Crippen LogP contribution >= 0.6 is 0 Å². The van der Waals surface area contributed by atoms with Crippen LogP contribution in [0.2, 0.25) is 0 Å². The third-order valence-electron chi connectivity index (χ3n) is 2.66. The number of hydrogen-bond acceptors (Lipinski definition) is 3. The van der Waals surface area contributed by atoms with E-state index in [1.807, 2.05) is 12.1 Å². The summed E-state index contributed by atoms with van der Waals surface area (Å²) in [5.41, 5.74) is 9.98. The Morgan fingerprint density at radius 3 is 2.73 bits per heavy atom. The van der Waals surface area contributed by atoms with Gasteiger partial charge in [0, 0.05) is 0 Å². The van der Waals surface area contributed by atoms with Crippen LogP contribution in [0, 0.1) is 13.8 Å². The minimum absolute atomic E-state index is 0.0994. The number of nitrogens with one attached hydrogen (secondary N) is 1. The molecule has 1 aromatic carbocycles. The summed E-state index contributed by atoms with van der Waals surface area (Å²) in [6.45, 7) is 4.01. The third kappa shape index (κ3) is 1.73. The van der Waals surface area contributed by atoms with E-state index in [0.29, 0.717) is 5.82 Å². The Bertz CT molecular complexity index is 451. The molecule has 0 saturated carbocycles. The maximum atomic E-state index is 8.94. The Hall–Kier alpha value is -1.39. The van der Waals surface area contributed by atoms with E-state index in [1.54, 1.807) is 0 Å². The van der Waals surface area contributed by atoms with Gasteiger partial charge in [0.2, 0.25) is 0 Å². The second-order valence-corrected chi connectivity index (χ2v) is 3.86. The topological polar surface area (TPSA) is 74.9 Å². The molecule has 0 spiro atoms. The molecule has 0 bridgehead atoms. The van der Waals surface area contributed by atoms with Gasteiger partial charge in [0.1, 0.15) is 5.82 Å². The van der Waals surface area contributed by atoms with E-state index in [-0.39, 0.29) is 6.61 Å². The zero-order valence-electron chi connectivity index (χ0n) is 8.91. The van der Waals surface area contributed by atoms with Crippen LogP contribution in [0.4, 0.5) is 0 Å². The van der Waals surface area contributed by atoms with Gasteiger partial charge in [0.05, 0.1) is 23.7 Å². The lowest BCUT2D eigenvalue weighted by Gasteiger charge is -2.01. The molecule has 15 heavy (non-hydrogen) atoms. The Morgan fingerprint density at radius 1 is 1.40 bits per heavy atom. The van der Waals surface area contributed by atoms with Gasteiger partial charge < -0.3 is 15.8 Å². The van der Waals surface area contributed by atoms with Gasteiger partial charge >= 0.3 is 0 Å². The zero-order chi connectivity index (χ0) is 11.0. The fraction of sp³-hybridized carbons (Fsp3) is 0.364. The van der Waals surface area contributed by atoms with E-state index < -0.39 is 6.04 Å². The highest BCUT2D eigenvalue weighted by Gasteiger charge is 2.10. The first kappa shape index (κ1) is 10.1. The Morgan fingerprint density at radius 2 is 2.07 bits per heavy atom. The molecular weight excluding hydrogens is 190 g/mol. The molecule has 2 aromatic rings. The highest BCUT2D eigenvalue weighted by Crippen LogP contribution is 2.19. The third-order valence-corrected chi connectivity index (χ3v) is 2.66. The predicted molar refractivity (Wildman–Crippen MR) is 59.6 cm³/mol. The van der Waals surface area contributed by atoms with Gasteiger partial charge in [-0.05, 0) is 37.1 Å². The largest absolute Gasteiger partial charge is 0.394 e. The highest BCUT2D eigenvalue weighted by atomic mass is 16.3. The first-order valence-electron chi connectivity index (χ1n) is 4.95. The molecule has 0 amide bonds. The number of hydrogen-bond donors (Lipinski definition) is 3. The van der Waals surface area contributed by atoms with Crippen molar-refractivity contribution in [2.24, 2.45) is 5.73 Å². The lowest BCUT2D eigenvalue weighted by Crippen LogP contribution is -2.15. The number of H-pyrrole nitrogens is 1. The molecule has 4 nitrogen and oxygen atoms in total. The second kappa shape index (κ2) is 3.64. The average Bonchev–Trinajstić information content (AvgIpc) is 2.60. The number of aliphatic hydroxyl groups excluding tert-OH is 1. The van der Waals surface area contributed by atoms with Crippen LogP contribution in [0.3, 0.4) is 0 Å². The number of imidazole rings is 1. The summed E-state index contributed by atoms with van der Waals surface area (Å²) < 4.78 is 0. The van der Waals surface area contributed by atoms with E-state index in [2.05, 4.69) is 23.8 Å². The first-order chi connectivity index (χ1) is 7.11. The molecule has 1 atom stereocenters. The fourth-order valence-corrected chi connectivity index (χ4v) is 1.55. The Balaban J connectivity index is 2.56. The van der Waals surface area contributed by atoms with E-state index in [4.69, 9.17) is 10.8 Å². The van der Waals surface area contributed by atoms with Gasteiger partial charge in [-0.2, -0.15) is 0 Å². The van der Waals surface area contributed by atoms with E-state index >= 15 is 0 Å². The van der Waals surface area contributed by atoms with Crippen LogP contribution < -0.4 is 5.73 Å². The molecule has 0 fully saturated rings. The quantitative estimate of drug-likeness (QED) is 0.689. The van der Waals surface area contributed by atoms with Crippen molar-refractivity contribution < 1.29 is 5.11 Å². The van der Waals surface area contributed by atoms with Gasteiger partial charge in [0.25, 0.3) is 0 Å². The second-order valence-electron chi connectivity index (χ2n) is 3.86. The number of aromatic nitrogens is 2. The van der Waals surface area contributed by atoms with E-state index in [1.165, 1.54) is 11.1 Å². The summed E-state index contributed by atoms with van der Waals surface area (Å²) in [7, 11) is 0. The molecule has 0 saturated heterocycles. The van der Waals surface area contributed by atoms with Crippen molar-refractivity contribution in [3.8, 4) is 0 Å². The lowest BCUT2D eigenvalue weighted by molar-refractivity contribution is 0.264. The molecule has 0 aliphatic rings. The van der Waals surface area contributed by atoms with Crippen LogP contribution in [-0.4, -0.2) is 21.7 Å². The number of aromatic amines is 1. The van der Waals surface area contributed by atoms with Gasteiger partial charge in [-0.25, -0.2) is 4.98 Å². The zero-order valence-corrected chi connectivity index (χ0v) is 8.91. The number of rotatable bonds is 2. The van der Waals surface area contributed by atoms with Crippen molar-refractivity contribution in [1.82, 2.24) is 9.97 Å². The summed E-state index contributed by atoms with van der Waals surface area (Å²) in [5, 5.41) is 8.94. The summed E-state index contributed by atoms with van der Waals surface area (Å²) in [5.74, 6) is 0.637. The maximum Gasteiger partial charge on any atom is 0.126 e. The van der Waals surface area contributed by atoms with E-state index in [9.17, 15) is 0 Å². The van der Waals surface area contributed by atoms with Crippen LogP contribution in [0.25, 0.3) is 11.0 Å². The highest BCUT2D eigenvalue weighted by molar-refractivity contribution is 5.77. The average molecular weight is 205 g/mol. The molecule has 0 aliphatic heterocycles. The van der Waals surface area contributed by atoms with Gasteiger partial charge in [0.15, 0.2) is 0 Å². The van der Waals surface area contributed by atoms with Gasteiger partial charge in [-0.15, -0.1) is 0 Å². The Labute approximate surface area is 88.1 Å². The molecule has 4 heteroatoms. The van der Waals surface area contributed by atoms with Gasteiger partial charge in [-0.3, -0.25) is 0 Å². The number of aliphatic hydroxyl groups is 1. The Kier molecular flexibility index (Phi) is 2.46. The summed E-state index contributed by atoms with van der Waals surface area (Å²) in [6, 6.07) is 3.64. The molecule has 0 aliphatic carbocycles. The normalized spacial score (nSPS) is 13.3. The van der Waals surface area contributed by atoms with Crippen LogP contribution in [-0.2, 0) is 0 Å². The molecule has 0 radical (unpaired) electrons. The standard InChI is InChI=1S/C11H15N3O/c1-6-3-9-10(4-7(6)2)14-11(13-9)8(12)5-15/h3-4,8,15H,5,12H2,1-2H3,(H,13,14). The maximum absolute atomic E-state index is 8.94. The minimum Gasteiger partial charge on any atom is -0.394 e. The van der Waals surface area contributed by atoms with Gasteiger partial charge in [-0.1, -0.05) is 0 Å². The van der Waals surface area contributed by atoms with E-state index in [0.717, 1.165) is 11.0 Å². The van der Waals surface area contributed by atoms with Crippen molar-refractivity contribution in [1.29, 1.82) is 0 Å². The summed E-state index contributed by atoms with van der Waals surface area (Å²) >= 11 is 0. The molecule has 1 heterocycles. The van der Waals surface area contributed by atoms with Crippen molar-refractivity contribution in [3.05, 3.63) is 29.1 Å². The molecule has 80 valence electrons. The number of nitrogens with zero attached hydrogens (tertiary/aromatic N) is 1. The van der Waals surface area contributed by atoms with Crippen LogP contribution in [0.5, 0.6) is 0 Å². The smallest absolute Gasteiger partial charge is 0.126 e. The van der Waals surface area contributed by atoms with Crippen molar-refractivity contribution in [3.63, 3.8) is 0 Å². The molecule has 2 rings (SSSR count). The fourth-order valence-electron chi connectivity index (χ4n) is 1.55. The number of fused-ring (bicyclic) bond motifs is 1. The molecule has 1 unspecified atom stereocenters. The number of benzene rings is 1. The summed E-state index contributed by atoms with van der Waals surface area (Å²) in [6.07, 6.45) is 0. The minimum atomic E-state index is -0.432. The lowest BCUT2D eigenvalue weighted by atomic mass is 10.1. The van der Waals surface area contributed by atoms with Crippen molar-refractivity contribution >= 4 is 11.0 Å².